The van der Waals surface area contributed by atoms with Crippen molar-refractivity contribution in [1.29, 1.82) is 0 Å². The molecule has 0 aliphatic carbocycles. The van der Waals surface area contributed by atoms with Gasteiger partial charge in [0.05, 0.1) is 11.9 Å². The van der Waals surface area contributed by atoms with Gasteiger partial charge in [-0.25, -0.2) is 0 Å². The van der Waals surface area contributed by atoms with Gasteiger partial charge >= 0.3 is 0 Å². The maximum atomic E-state index is 11.3. The minimum atomic E-state index is 0.640. The second kappa shape index (κ2) is 4.40. The van der Waals surface area contributed by atoms with Crippen molar-refractivity contribution in [3.05, 3.63) is 28.5 Å². The molecule has 78 valence electrons. The fourth-order valence-corrected chi connectivity index (χ4v) is 1.32. The zero-order chi connectivity index (χ0) is 10.7. The van der Waals surface area contributed by atoms with E-state index in [1.54, 1.807) is 13.8 Å². The fourth-order valence-electron chi connectivity index (χ4n) is 1.32. The lowest BCUT2D eigenvalue weighted by molar-refractivity contribution is -0.618. The Morgan fingerprint density at radius 2 is 2.07 bits per heavy atom. The van der Waals surface area contributed by atoms with Gasteiger partial charge in [0.15, 0.2) is 0 Å². The van der Waals surface area contributed by atoms with Crippen molar-refractivity contribution >= 4 is 0 Å². The predicted molar refractivity (Wildman–Crippen MR) is 54.7 cm³/mol. The van der Waals surface area contributed by atoms with Crippen LogP contribution in [0.4, 0.5) is 0 Å². The van der Waals surface area contributed by atoms with E-state index in [0.29, 0.717) is 17.3 Å². The Labute approximate surface area is 85.4 Å². The highest BCUT2D eigenvalue weighted by Crippen LogP contribution is 2.08. The number of rotatable bonds is 3. The fraction of sp³-hybridized carbons (Fsp3) is 0.636. The SMILES string of the molecule is Cc1[c-][n+]([O-])c(C)c(CCC(C)C)n1. The van der Waals surface area contributed by atoms with Gasteiger partial charge in [-0.1, -0.05) is 13.8 Å². The first-order valence-electron chi connectivity index (χ1n) is 4.99. The van der Waals surface area contributed by atoms with Gasteiger partial charge in [0.2, 0.25) is 0 Å². The molecule has 0 bridgehead atoms. The van der Waals surface area contributed by atoms with Crippen LogP contribution < -0.4 is 4.73 Å². The van der Waals surface area contributed by atoms with Crippen LogP contribution in [0.25, 0.3) is 0 Å². The highest BCUT2D eigenvalue weighted by molar-refractivity contribution is 5.06. The number of aromatic nitrogens is 2. The zero-order valence-corrected chi connectivity index (χ0v) is 9.29. The number of aryl methyl sites for hydroxylation is 2. The van der Waals surface area contributed by atoms with E-state index < -0.39 is 0 Å². The van der Waals surface area contributed by atoms with E-state index in [9.17, 15) is 5.21 Å². The summed E-state index contributed by atoms with van der Waals surface area (Å²) in [7, 11) is 0. The Kier molecular flexibility index (Phi) is 3.44. The molecule has 1 aromatic rings. The second-order valence-electron chi connectivity index (χ2n) is 4.07. The first-order valence-corrected chi connectivity index (χ1v) is 4.99. The molecule has 0 aliphatic rings. The van der Waals surface area contributed by atoms with E-state index in [4.69, 9.17) is 0 Å². The number of hydrogen-bond donors (Lipinski definition) is 0. The molecule has 0 aliphatic heterocycles. The number of hydrogen-bond acceptors (Lipinski definition) is 2. The van der Waals surface area contributed by atoms with Crippen molar-refractivity contribution in [2.75, 3.05) is 0 Å². The molecule has 0 N–H and O–H groups in total. The zero-order valence-electron chi connectivity index (χ0n) is 9.29. The van der Waals surface area contributed by atoms with Gasteiger partial charge < -0.3 is 9.94 Å². The predicted octanol–water partition coefficient (Wildman–Crippen LogP) is 1.72. The molecule has 0 amide bonds. The molecule has 0 radical (unpaired) electrons. The third-order valence-corrected chi connectivity index (χ3v) is 2.25. The lowest BCUT2D eigenvalue weighted by Gasteiger charge is -2.16. The average Bonchev–Trinajstić information content (AvgIpc) is 2.08. The molecule has 14 heavy (non-hydrogen) atoms. The molecule has 0 aromatic carbocycles. The molecule has 0 unspecified atom stereocenters. The summed E-state index contributed by atoms with van der Waals surface area (Å²) >= 11 is 0. The average molecular weight is 193 g/mol. The van der Waals surface area contributed by atoms with Crippen LogP contribution in [0.3, 0.4) is 0 Å². The van der Waals surface area contributed by atoms with Crippen molar-refractivity contribution in [3.8, 4) is 0 Å². The lowest BCUT2D eigenvalue weighted by Crippen LogP contribution is -2.33. The van der Waals surface area contributed by atoms with Gasteiger partial charge in [0.1, 0.15) is 0 Å². The van der Waals surface area contributed by atoms with E-state index in [1.165, 1.54) is 0 Å². The molecular formula is C11H17N2O-. The molecule has 3 heteroatoms. The summed E-state index contributed by atoms with van der Waals surface area (Å²) in [6.45, 7) is 7.93. The van der Waals surface area contributed by atoms with Crippen molar-refractivity contribution in [1.82, 2.24) is 4.98 Å². The monoisotopic (exact) mass is 193 g/mol. The molecule has 0 saturated carbocycles. The Hall–Kier alpha value is -1.12. The van der Waals surface area contributed by atoms with Crippen LogP contribution in [-0.4, -0.2) is 4.98 Å². The van der Waals surface area contributed by atoms with Gasteiger partial charge in [0.25, 0.3) is 0 Å². The summed E-state index contributed by atoms with van der Waals surface area (Å²) in [5.74, 6) is 0.640. The quantitative estimate of drug-likeness (QED) is 0.416. The van der Waals surface area contributed by atoms with Crippen LogP contribution in [0.2, 0.25) is 0 Å². The molecular weight excluding hydrogens is 176 g/mol. The number of nitrogens with zero attached hydrogens (tertiary/aromatic N) is 2. The van der Waals surface area contributed by atoms with Gasteiger partial charge in [0, 0.05) is 11.4 Å². The Balaban J connectivity index is 2.85. The van der Waals surface area contributed by atoms with Crippen molar-refractivity contribution in [2.24, 2.45) is 5.92 Å². The highest BCUT2D eigenvalue weighted by Gasteiger charge is 2.03. The first-order chi connectivity index (χ1) is 6.50. The van der Waals surface area contributed by atoms with Gasteiger partial charge in [-0.05, 0) is 32.6 Å². The van der Waals surface area contributed by atoms with E-state index in [0.717, 1.165) is 23.3 Å². The van der Waals surface area contributed by atoms with E-state index in [2.05, 4.69) is 25.0 Å². The summed E-state index contributed by atoms with van der Waals surface area (Å²) in [5, 5.41) is 11.3. The first kappa shape index (κ1) is 11.0. The summed E-state index contributed by atoms with van der Waals surface area (Å²) < 4.78 is 0.790. The van der Waals surface area contributed by atoms with Gasteiger partial charge in [-0.15, -0.1) is 0 Å². The Morgan fingerprint density at radius 3 is 2.64 bits per heavy atom. The molecule has 3 nitrogen and oxygen atoms in total. The molecule has 0 saturated heterocycles. The van der Waals surface area contributed by atoms with Crippen molar-refractivity contribution in [3.63, 3.8) is 0 Å². The van der Waals surface area contributed by atoms with Crippen LogP contribution in [0, 0.1) is 31.2 Å². The Morgan fingerprint density at radius 1 is 1.43 bits per heavy atom. The molecule has 0 spiro atoms. The van der Waals surface area contributed by atoms with E-state index >= 15 is 0 Å². The maximum Gasteiger partial charge on any atom is 0.0819 e. The van der Waals surface area contributed by atoms with E-state index in [-0.39, 0.29) is 0 Å². The summed E-state index contributed by atoms with van der Waals surface area (Å²) in [5.41, 5.74) is 2.26. The van der Waals surface area contributed by atoms with Crippen molar-refractivity contribution in [2.45, 2.75) is 40.5 Å². The largest absolute Gasteiger partial charge is 0.651 e. The standard InChI is InChI=1S/C11H17N2O/c1-8(2)5-6-11-10(4)13(14)7-9(3)12-11/h8H,5-6H2,1-4H3/q-1. The summed E-state index contributed by atoms with van der Waals surface area (Å²) in [4.78, 5) is 4.33. The van der Waals surface area contributed by atoms with Crippen LogP contribution in [0.1, 0.15) is 37.4 Å². The minimum Gasteiger partial charge on any atom is -0.651 e. The molecule has 0 atom stereocenters. The minimum absolute atomic E-state index is 0.640. The van der Waals surface area contributed by atoms with E-state index in [1.807, 2.05) is 0 Å². The van der Waals surface area contributed by atoms with Gasteiger partial charge in [-0.3, -0.25) is 4.98 Å². The third-order valence-electron chi connectivity index (χ3n) is 2.25. The van der Waals surface area contributed by atoms with Crippen LogP contribution in [-0.2, 0) is 6.42 Å². The topological polar surface area (TPSA) is 39.8 Å². The maximum absolute atomic E-state index is 11.3. The Bertz CT molecular complexity index is 321. The molecule has 1 rings (SSSR count). The van der Waals surface area contributed by atoms with Crippen molar-refractivity contribution < 1.29 is 4.73 Å². The van der Waals surface area contributed by atoms with Crippen LogP contribution >= 0.6 is 0 Å². The lowest BCUT2D eigenvalue weighted by atomic mass is 10.1. The smallest absolute Gasteiger partial charge is 0.0819 e. The third kappa shape index (κ3) is 2.69. The molecule has 1 heterocycles. The highest BCUT2D eigenvalue weighted by atomic mass is 16.5. The van der Waals surface area contributed by atoms with Crippen LogP contribution in [0.5, 0.6) is 0 Å². The van der Waals surface area contributed by atoms with Crippen LogP contribution in [0.15, 0.2) is 0 Å². The normalized spacial score (nSPS) is 10.9. The summed E-state index contributed by atoms with van der Waals surface area (Å²) in [6, 6.07) is 0. The molecule has 1 aromatic heterocycles. The second-order valence-corrected chi connectivity index (χ2v) is 4.07. The molecule has 0 fully saturated rings. The van der Waals surface area contributed by atoms with Gasteiger partial charge in [-0.2, -0.15) is 0 Å². The summed E-state index contributed by atoms with van der Waals surface area (Å²) in [6.07, 6.45) is 4.56.